The predicted octanol–water partition coefficient (Wildman–Crippen LogP) is 1.29. The molecule has 1 amide bonds. The fourth-order valence-electron chi connectivity index (χ4n) is 1.82. The molecule has 1 heterocycles. The van der Waals surface area contributed by atoms with Gasteiger partial charge in [0.05, 0.1) is 0 Å². The lowest BCUT2D eigenvalue weighted by atomic mass is 10.2. The number of esters is 1. The number of hydrogen-bond acceptors (Lipinski definition) is 5. The topological polar surface area (TPSA) is 73.9 Å². The van der Waals surface area contributed by atoms with Gasteiger partial charge in [0, 0.05) is 6.54 Å². The van der Waals surface area contributed by atoms with Gasteiger partial charge in [0.15, 0.2) is 18.1 Å². The number of hydrogen-bond donors (Lipinski definition) is 1. The van der Waals surface area contributed by atoms with E-state index >= 15 is 0 Å². The standard InChI is InChI=1S/C15H19NO5/c1-2-3-8-16-14(17)10-20-15(18)13-9-19-11-6-4-5-7-12(11)21-13/h4-7,13H,2-3,8-10H2,1H3,(H,16,17)/t13-/m1/s1. The second-order valence-electron chi connectivity index (χ2n) is 4.68. The Hall–Kier alpha value is -2.24. The first-order valence-electron chi connectivity index (χ1n) is 7.02. The van der Waals surface area contributed by atoms with Crippen LogP contribution in [0.1, 0.15) is 19.8 Å². The second-order valence-corrected chi connectivity index (χ2v) is 4.68. The molecular formula is C15H19NO5. The highest BCUT2D eigenvalue weighted by Crippen LogP contribution is 2.30. The van der Waals surface area contributed by atoms with E-state index in [1.54, 1.807) is 18.2 Å². The molecule has 1 aliphatic heterocycles. The van der Waals surface area contributed by atoms with E-state index in [-0.39, 0.29) is 19.1 Å². The summed E-state index contributed by atoms with van der Waals surface area (Å²) in [5.41, 5.74) is 0. The molecule has 0 saturated heterocycles. The Balaban J connectivity index is 1.76. The van der Waals surface area contributed by atoms with Crippen molar-refractivity contribution >= 4 is 11.9 Å². The number of para-hydroxylation sites is 2. The van der Waals surface area contributed by atoms with Crippen LogP contribution in [0.3, 0.4) is 0 Å². The molecule has 1 N–H and O–H groups in total. The quantitative estimate of drug-likeness (QED) is 0.632. The van der Waals surface area contributed by atoms with Crippen molar-refractivity contribution in [3.05, 3.63) is 24.3 Å². The van der Waals surface area contributed by atoms with Crippen molar-refractivity contribution in [1.29, 1.82) is 0 Å². The lowest BCUT2D eigenvalue weighted by Crippen LogP contribution is -2.39. The number of amides is 1. The van der Waals surface area contributed by atoms with Crippen LogP contribution in [0.25, 0.3) is 0 Å². The van der Waals surface area contributed by atoms with Gasteiger partial charge >= 0.3 is 5.97 Å². The lowest BCUT2D eigenvalue weighted by Gasteiger charge is -2.24. The van der Waals surface area contributed by atoms with E-state index < -0.39 is 12.1 Å². The number of ether oxygens (including phenoxy) is 3. The molecule has 6 nitrogen and oxygen atoms in total. The van der Waals surface area contributed by atoms with Gasteiger partial charge in [0.1, 0.15) is 6.61 Å². The molecule has 0 fully saturated rings. The Morgan fingerprint density at radius 2 is 2.10 bits per heavy atom. The fourth-order valence-corrected chi connectivity index (χ4v) is 1.82. The van der Waals surface area contributed by atoms with Gasteiger partial charge in [0.2, 0.25) is 6.10 Å². The van der Waals surface area contributed by atoms with Gasteiger partial charge in [-0.25, -0.2) is 4.79 Å². The Morgan fingerprint density at radius 3 is 2.86 bits per heavy atom. The van der Waals surface area contributed by atoms with Gasteiger partial charge in [-0.05, 0) is 18.6 Å². The minimum atomic E-state index is -0.844. The summed E-state index contributed by atoms with van der Waals surface area (Å²) in [5.74, 6) is 0.182. The minimum absolute atomic E-state index is 0.0767. The summed E-state index contributed by atoms with van der Waals surface area (Å²) in [6, 6.07) is 7.09. The molecule has 114 valence electrons. The number of fused-ring (bicyclic) bond motifs is 1. The van der Waals surface area contributed by atoms with Crippen LogP contribution in [0.5, 0.6) is 11.5 Å². The number of nitrogens with one attached hydrogen (secondary N) is 1. The zero-order valence-electron chi connectivity index (χ0n) is 12.0. The van der Waals surface area contributed by atoms with Crippen LogP contribution in [-0.4, -0.2) is 37.7 Å². The molecule has 0 radical (unpaired) electrons. The van der Waals surface area contributed by atoms with Crippen LogP contribution >= 0.6 is 0 Å². The fraction of sp³-hybridized carbons (Fsp3) is 0.467. The molecule has 1 aromatic rings. The smallest absolute Gasteiger partial charge is 0.351 e. The molecule has 1 aromatic carbocycles. The Kier molecular flexibility index (Phi) is 5.43. The monoisotopic (exact) mass is 293 g/mol. The van der Waals surface area contributed by atoms with Gasteiger partial charge < -0.3 is 19.5 Å². The first kappa shape index (κ1) is 15.2. The summed E-state index contributed by atoms with van der Waals surface area (Å²) < 4.78 is 15.8. The molecule has 2 rings (SSSR count). The third kappa shape index (κ3) is 4.37. The first-order chi connectivity index (χ1) is 10.2. The number of carbonyl (C=O) groups excluding carboxylic acids is 2. The van der Waals surface area contributed by atoms with Gasteiger partial charge in [0.25, 0.3) is 5.91 Å². The van der Waals surface area contributed by atoms with Gasteiger partial charge in [-0.2, -0.15) is 0 Å². The van der Waals surface area contributed by atoms with Gasteiger partial charge in [-0.1, -0.05) is 25.5 Å². The zero-order valence-corrected chi connectivity index (χ0v) is 12.0. The van der Waals surface area contributed by atoms with E-state index in [1.807, 2.05) is 13.0 Å². The van der Waals surface area contributed by atoms with Crippen molar-refractivity contribution in [2.24, 2.45) is 0 Å². The van der Waals surface area contributed by atoms with Crippen LogP contribution < -0.4 is 14.8 Å². The zero-order chi connectivity index (χ0) is 15.1. The molecule has 0 saturated carbocycles. The van der Waals surface area contributed by atoms with Gasteiger partial charge in [-0.3, -0.25) is 4.79 Å². The van der Waals surface area contributed by atoms with Crippen LogP contribution in [0.2, 0.25) is 0 Å². The van der Waals surface area contributed by atoms with Crippen LogP contribution in [0.15, 0.2) is 24.3 Å². The lowest BCUT2D eigenvalue weighted by molar-refractivity contribution is -0.157. The first-order valence-corrected chi connectivity index (χ1v) is 7.02. The maximum atomic E-state index is 11.8. The van der Waals surface area contributed by atoms with Crippen LogP contribution in [0.4, 0.5) is 0 Å². The highest BCUT2D eigenvalue weighted by atomic mass is 16.6. The molecule has 6 heteroatoms. The van der Waals surface area contributed by atoms with E-state index in [0.29, 0.717) is 18.0 Å². The van der Waals surface area contributed by atoms with Crippen molar-refractivity contribution < 1.29 is 23.8 Å². The van der Waals surface area contributed by atoms with Crippen molar-refractivity contribution in [2.45, 2.75) is 25.9 Å². The normalized spacial score (nSPS) is 16.1. The molecule has 0 aromatic heterocycles. The molecule has 1 aliphatic rings. The van der Waals surface area contributed by atoms with Crippen LogP contribution in [0, 0.1) is 0 Å². The highest BCUT2D eigenvalue weighted by Gasteiger charge is 2.28. The number of benzene rings is 1. The molecule has 0 bridgehead atoms. The Morgan fingerprint density at radius 1 is 1.33 bits per heavy atom. The maximum Gasteiger partial charge on any atom is 0.351 e. The molecule has 0 spiro atoms. The van der Waals surface area contributed by atoms with Gasteiger partial charge in [-0.15, -0.1) is 0 Å². The van der Waals surface area contributed by atoms with Crippen molar-refractivity contribution in [3.8, 4) is 11.5 Å². The van der Waals surface area contributed by atoms with Crippen molar-refractivity contribution in [3.63, 3.8) is 0 Å². The van der Waals surface area contributed by atoms with Crippen molar-refractivity contribution in [2.75, 3.05) is 19.8 Å². The summed E-state index contributed by atoms with van der Waals surface area (Å²) in [5, 5.41) is 2.67. The minimum Gasteiger partial charge on any atom is -0.485 e. The predicted molar refractivity (Wildman–Crippen MR) is 75.2 cm³/mol. The Labute approximate surface area is 123 Å². The van der Waals surface area contributed by atoms with E-state index in [4.69, 9.17) is 14.2 Å². The molecular weight excluding hydrogens is 274 g/mol. The molecule has 1 atom stereocenters. The maximum absolute atomic E-state index is 11.8. The number of rotatable bonds is 6. The summed E-state index contributed by atoms with van der Waals surface area (Å²) >= 11 is 0. The SMILES string of the molecule is CCCCNC(=O)COC(=O)[C@H]1COc2ccccc2O1. The summed E-state index contributed by atoms with van der Waals surface area (Å²) in [6.45, 7) is 2.39. The summed E-state index contributed by atoms with van der Waals surface area (Å²) in [7, 11) is 0. The number of unbranched alkanes of at least 4 members (excludes halogenated alkanes) is 1. The summed E-state index contributed by atoms with van der Waals surface area (Å²) in [4.78, 5) is 23.3. The average molecular weight is 293 g/mol. The van der Waals surface area contributed by atoms with E-state index in [2.05, 4.69) is 5.32 Å². The summed E-state index contributed by atoms with van der Waals surface area (Å²) in [6.07, 6.45) is 1.05. The van der Waals surface area contributed by atoms with Crippen LogP contribution in [-0.2, 0) is 14.3 Å². The van der Waals surface area contributed by atoms with Crippen molar-refractivity contribution in [1.82, 2.24) is 5.32 Å². The Bertz CT molecular complexity index is 503. The third-order valence-corrected chi connectivity index (χ3v) is 2.97. The second kappa shape index (κ2) is 7.52. The third-order valence-electron chi connectivity index (χ3n) is 2.97. The molecule has 0 unspecified atom stereocenters. The van der Waals surface area contributed by atoms with E-state index in [0.717, 1.165) is 12.8 Å². The van der Waals surface area contributed by atoms with E-state index in [9.17, 15) is 9.59 Å². The largest absolute Gasteiger partial charge is 0.485 e. The average Bonchev–Trinajstić information content (AvgIpc) is 2.52. The molecule has 0 aliphatic carbocycles. The number of carbonyl (C=O) groups is 2. The molecule has 21 heavy (non-hydrogen) atoms. The highest BCUT2D eigenvalue weighted by molar-refractivity contribution is 5.82. The van der Waals surface area contributed by atoms with E-state index in [1.165, 1.54) is 0 Å².